The fourth-order valence-electron chi connectivity index (χ4n) is 2.80. The molecule has 0 radical (unpaired) electrons. The Bertz CT molecular complexity index is 424. The highest BCUT2D eigenvalue weighted by molar-refractivity contribution is 6.03. The third-order valence-electron chi connectivity index (χ3n) is 3.65. The van der Waals surface area contributed by atoms with E-state index < -0.39 is 0 Å². The van der Waals surface area contributed by atoms with Gasteiger partial charge in [0.2, 0.25) is 0 Å². The molecule has 1 aliphatic carbocycles. The third-order valence-corrected chi connectivity index (χ3v) is 3.65. The molecule has 0 bridgehead atoms. The Kier molecular flexibility index (Phi) is 2.43. The van der Waals surface area contributed by atoms with Crippen LogP contribution < -0.4 is 0 Å². The van der Waals surface area contributed by atoms with Crippen LogP contribution in [0.1, 0.15) is 36.8 Å². The highest BCUT2D eigenvalue weighted by atomic mass is 16.6. The minimum absolute atomic E-state index is 0.351. The number of hydrogen-bond donors (Lipinski definition) is 0. The lowest BCUT2D eigenvalue weighted by Gasteiger charge is -2.23. The van der Waals surface area contributed by atoms with Crippen molar-refractivity contribution in [2.24, 2.45) is 11.1 Å². The van der Waals surface area contributed by atoms with Gasteiger partial charge in [0.1, 0.15) is 6.10 Å². The predicted molar refractivity (Wildman–Crippen MR) is 64.5 cm³/mol. The lowest BCUT2D eigenvalue weighted by molar-refractivity contribution is 0.0397. The first-order valence-corrected chi connectivity index (χ1v) is 6.15. The van der Waals surface area contributed by atoms with E-state index in [4.69, 9.17) is 4.84 Å². The minimum Gasteiger partial charge on any atom is -0.392 e. The zero-order valence-corrected chi connectivity index (χ0v) is 9.65. The van der Waals surface area contributed by atoms with E-state index in [-0.39, 0.29) is 0 Å². The summed E-state index contributed by atoms with van der Waals surface area (Å²) in [5, 5.41) is 4.31. The highest BCUT2D eigenvalue weighted by Crippen LogP contribution is 2.34. The van der Waals surface area contributed by atoms with E-state index in [2.05, 4.69) is 36.3 Å². The smallest absolute Gasteiger partial charge is 0.136 e. The monoisotopic (exact) mass is 215 g/mol. The standard InChI is InChI=1S/C14H17NO/c1-10-5-4-6-11(9-10)14-12-7-2-3-8-13(12)16-15-14/h4-6,9,12-13H,2-3,7-8H2,1H3. The number of benzene rings is 1. The van der Waals surface area contributed by atoms with Crippen LogP contribution in [0.15, 0.2) is 29.4 Å². The molecule has 0 spiro atoms. The van der Waals surface area contributed by atoms with Crippen molar-refractivity contribution in [3.05, 3.63) is 35.4 Å². The Morgan fingerprint density at radius 2 is 2.12 bits per heavy atom. The normalized spacial score (nSPS) is 28.2. The largest absolute Gasteiger partial charge is 0.392 e. The van der Waals surface area contributed by atoms with Crippen LogP contribution in [0.2, 0.25) is 0 Å². The summed E-state index contributed by atoms with van der Waals surface area (Å²) < 4.78 is 0. The van der Waals surface area contributed by atoms with Crippen molar-refractivity contribution in [1.29, 1.82) is 0 Å². The average molecular weight is 215 g/mol. The molecule has 1 heterocycles. The van der Waals surface area contributed by atoms with E-state index in [0.717, 1.165) is 0 Å². The van der Waals surface area contributed by atoms with Crippen LogP contribution in [-0.2, 0) is 4.84 Å². The quantitative estimate of drug-likeness (QED) is 0.704. The molecule has 1 fully saturated rings. The average Bonchev–Trinajstić information content (AvgIpc) is 2.72. The summed E-state index contributed by atoms with van der Waals surface area (Å²) in [5.74, 6) is 0.538. The van der Waals surface area contributed by atoms with Gasteiger partial charge >= 0.3 is 0 Å². The molecule has 2 atom stereocenters. The molecular weight excluding hydrogens is 198 g/mol. The fraction of sp³-hybridized carbons (Fsp3) is 0.500. The van der Waals surface area contributed by atoms with E-state index >= 15 is 0 Å². The fourth-order valence-corrected chi connectivity index (χ4v) is 2.80. The van der Waals surface area contributed by atoms with Gasteiger partial charge in [0.25, 0.3) is 0 Å². The summed E-state index contributed by atoms with van der Waals surface area (Å²) in [6.07, 6.45) is 5.36. The van der Waals surface area contributed by atoms with Crippen LogP contribution in [-0.4, -0.2) is 11.8 Å². The summed E-state index contributed by atoms with van der Waals surface area (Å²) in [6.45, 7) is 2.12. The van der Waals surface area contributed by atoms with Crippen LogP contribution in [0.5, 0.6) is 0 Å². The molecule has 0 N–H and O–H groups in total. The van der Waals surface area contributed by atoms with Crippen LogP contribution in [0.4, 0.5) is 0 Å². The maximum Gasteiger partial charge on any atom is 0.136 e. The molecule has 0 saturated heterocycles. The summed E-state index contributed by atoms with van der Waals surface area (Å²) in [4.78, 5) is 5.55. The van der Waals surface area contributed by atoms with Crippen molar-refractivity contribution in [2.75, 3.05) is 0 Å². The maximum atomic E-state index is 5.55. The van der Waals surface area contributed by atoms with Crippen LogP contribution in [0.3, 0.4) is 0 Å². The number of fused-ring (bicyclic) bond motifs is 1. The second-order valence-electron chi connectivity index (χ2n) is 4.88. The van der Waals surface area contributed by atoms with Gasteiger partial charge in [0, 0.05) is 5.92 Å². The SMILES string of the molecule is Cc1cccc(C2=NOC3CCCCC23)c1. The van der Waals surface area contributed by atoms with E-state index in [1.807, 2.05) is 0 Å². The summed E-state index contributed by atoms with van der Waals surface area (Å²) in [5.41, 5.74) is 3.71. The molecule has 3 rings (SSSR count). The molecule has 0 amide bonds. The second kappa shape index (κ2) is 3.93. The number of oxime groups is 1. The first-order chi connectivity index (χ1) is 7.84. The Morgan fingerprint density at radius 3 is 3.00 bits per heavy atom. The molecule has 84 valence electrons. The van der Waals surface area contributed by atoms with Crippen molar-refractivity contribution in [2.45, 2.75) is 38.7 Å². The van der Waals surface area contributed by atoms with Gasteiger partial charge in [-0.3, -0.25) is 0 Å². The molecule has 1 aromatic carbocycles. The van der Waals surface area contributed by atoms with Gasteiger partial charge in [-0.25, -0.2) is 0 Å². The van der Waals surface area contributed by atoms with Crippen molar-refractivity contribution < 1.29 is 4.84 Å². The third kappa shape index (κ3) is 1.62. The molecule has 2 unspecified atom stereocenters. The van der Waals surface area contributed by atoms with E-state index in [9.17, 15) is 0 Å². The molecular formula is C14H17NO. The summed E-state index contributed by atoms with van der Waals surface area (Å²) in [7, 11) is 0. The first kappa shape index (κ1) is 9.88. The molecule has 2 aliphatic rings. The number of aryl methyl sites for hydroxylation is 1. The van der Waals surface area contributed by atoms with Crippen LogP contribution >= 0.6 is 0 Å². The molecule has 1 aliphatic heterocycles. The first-order valence-electron chi connectivity index (χ1n) is 6.15. The van der Waals surface area contributed by atoms with E-state index in [0.29, 0.717) is 12.0 Å². The highest BCUT2D eigenvalue weighted by Gasteiger charge is 2.36. The number of nitrogens with zero attached hydrogens (tertiary/aromatic N) is 1. The minimum atomic E-state index is 0.351. The van der Waals surface area contributed by atoms with Gasteiger partial charge in [-0.05, 0) is 31.7 Å². The Balaban J connectivity index is 1.90. The molecule has 2 nitrogen and oxygen atoms in total. The summed E-state index contributed by atoms with van der Waals surface area (Å²) >= 11 is 0. The molecule has 16 heavy (non-hydrogen) atoms. The van der Waals surface area contributed by atoms with Crippen molar-refractivity contribution in [3.8, 4) is 0 Å². The van der Waals surface area contributed by atoms with Crippen molar-refractivity contribution in [3.63, 3.8) is 0 Å². The predicted octanol–water partition coefficient (Wildman–Crippen LogP) is 3.29. The second-order valence-corrected chi connectivity index (χ2v) is 4.88. The Hall–Kier alpha value is -1.31. The Labute approximate surface area is 96.3 Å². The topological polar surface area (TPSA) is 21.6 Å². The molecule has 2 heteroatoms. The van der Waals surface area contributed by atoms with Gasteiger partial charge in [0.15, 0.2) is 0 Å². The molecule has 1 saturated carbocycles. The van der Waals surface area contributed by atoms with E-state index in [1.165, 1.54) is 42.5 Å². The van der Waals surface area contributed by atoms with E-state index in [1.54, 1.807) is 0 Å². The van der Waals surface area contributed by atoms with Gasteiger partial charge in [-0.15, -0.1) is 0 Å². The number of hydrogen-bond acceptors (Lipinski definition) is 2. The van der Waals surface area contributed by atoms with Crippen molar-refractivity contribution >= 4 is 5.71 Å². The number of rotatable bonds is 1. The molecule has 0 aromatic heterocycles. The van der Waals surface area contributed by atoms with Crippen molar-refractivity contribution in [1.82, 2.24) is 0 Å². The lowest BCUT2D eigenvalue weighted by atomic mass is 9.81. The van der Waals surface area contributed by atoms with Crippen LogP contribution in [0.25, 0.3) is 0 Å². The maximum absolute atomic E-state index is 5.55. The van der Waals surface area contributed by atoms with Gasteiger partial charge < -0.3 is 4.84 Å². The zero-order valence-electron chi connectivity index (χ0n) is 9.65. The van der Waals surface area contributed by atoms with Gasteiger partial charge in [-0.2, -0.15) is 0 Å². The molecule has 1 aromatic rings. The zero-order chi connectivity index (χ0) is 11.0. The Morgan fingerprint density at radius 1 is 1.25 bits per heavy atom. The lowest BCUT2D eigenvalue weighted by Crippen LogP contribution is -2.27. The van der Waals surface area contributed by atoms with Gasteiger partial charge in [-0.1, -0.05) is 41.4 Å². The van der Waals surface area contributed by atoms with Crippen LogP contribution in [0, 0.1) is 12.8 Å². The summed E-state index contributed by atoms with van der Waals surface area (Å²) in [6, 6.07) is 8.58. The van der Waals surface area contributed by atoms with Gasteiger partial charge in [0.05, 0.1) is 5.71 Å².